The molecule has 2 nitrogen and oxygen atoms in total. The van der Waals surface area contributed by atoms with Crippen LogP contribution in [0.25, 0.3) is 0 Å². The smallest absolute Gasteiger partial charge is 0.0598 e. The highest BCUT2D eigenvalue weighted by Crippen LogP contribution is 2.19. The van der Waals surface area contributed by atoms with Gasteiger partial charge in [-0.2, -0.15) is 0 Å². The second-order valence-corrected chi connectivity index (χ2v) is 6.04. The average molecular weight is 269 g/mol. The zero-order valence-electron chi connectivity index (χ0n) is 12.4. The Morgan fingerprint density at radius 2 is 1.58 bits per heavy atom. The van der Waals surface area contributed by atoms with E-state index in [-0.39, 0.29) is 25.9 Å². The van der Waals surface area contributed by atoms with Gasteiger partial charge in [-0.15, -0.1) is 0 Å². The highest BCUT2D eigenvalue weighted by Gasteiger charge is 2.12. The number of pyridine rings is 1. The van der Waals surface area contributed by atoms with Gasteiger partial charge < -0.3 is 4.74 Å². The van der Waals surface area contributed by atoms with Crippen LogP contribution in [0.2, 0.25) is 0 Å². The molecule has 0 N–H and O–H groups in total. The summed E-state index contributed by atoms with van der Waals surface area (Å²) in [6.07, 6.45) is 3.72. The minimum absolute atomic E-state index is 0. The minimum Gasteiger partial charge on any atom is -0.376 e. The van der Waals surface area contributed by atoms with Gasteiger partial charge in [-0.05, 0) is 44.7 Å². The van der Waals surface area contributed by atoms with E-state index in [1.54, 1.807) is 6.20 Å². The third kappa shape index (κ3) is 13.3. The molecular weight excluding hydrogens is 234 g/mol. The molecule has 0 aliphatic rings. The van der Waals surface area contributed by atoms with Crippen molar-refractivity contribution in [2.75, 3.05) is 6.61 Å². The zero-order chi connectivity index (χ0) is 13.5. The molecule has 0 aliphatic heterocycles. The Bertz CT molecular complexity index is 293. The van der Waals surface area contributed by atoms with Gasteiger partial charge in [0.25, 0.3) is 0 Å². The summed E-state index contributed by atoms with van der Waals surface area (Å²) in [5, 5.41) is 0. The quantitative estimate of drug-likeness (QED) is 0.674. The van der Waals surface area contributed by atoms with Crippen LogP contribution in [0, 0.1) is 0 Å². The second-order valence-electron chi connectivity index (χ2n) is 6.04. The molecule has 1 aromatic rings. The minimum atomic E-state index is 0. The SMILES string of the molecule is C.C.CC(C)(C)c1cccnc1.CCOC(C)(C)C. The Morgan fingerprint density at radius 1 is 1.05 bits per heavy atom. The normalized spacial score (nSPS) is 10.5. The van der Waals surface area contributed by atoms with Gasteiger partial charge in [-0.25, -0.2) is 0 Å². The van der Waals surface area contributed by atoms with Gasteiger partial charge >= 0.3 is 0 Å². The molecule has 0 radical (unpaired) electrons. The summed E-state index contributed by atoms with van der Waals surface area (Å²) in [7, 11) is 0. The van der Waals surface area contributed by atoms with E-state index in [2.05, 4.69) is 52.6 Å². The number of ether oxygens (including phenoxy) is 1. The van der Waals surface area contributed by atoms with Gasteiger partial charge in [-0.1, -0.05) is 41.7 Å². The van der Waals surface area contributed by atoms with Gasteiger partial charge in [0.2, 0.25) is 0 Å². The van der Waals surface area contributed by atoms with E-state index >= 15 is 0 Å². The van der Waals surface area contributed by atoms with Crippen molar-refractivity contribution >= 4 is 0 Å². The maximum Gasteiger partial charge on any atom is 0.0598 e. The molecule has 0 aromatic carbocycles. The van der Waals surface area contributed by atoms with Crippen molar-refractivity contribution in [1.82, 2.24) is 4.98 Å². The fraction of sp³-hybridized carbons (Fsp3) is 0.706. The molecule has 114 valence electrons. The lowest BCUT2D eigenvalue weighted by Gasteiger charge is -2.17. The molecule has 0 unspecified atom stereocenters. The van der Waals surface area contributed by atoms with Crippen LogP contribution in [0.1, 0.15) is 68.9 Å². The summed E-state index contributed by atoms with van der Waals surface area (Å²) in [6.45, 7) is 15.5. The summed E-state index contributed by atoms with van der Waals surface area (Å²) >= 11 is 0. The molecule has 0 saturated carbocycles. The topological polar surface area (TPSA) is 22.1 Å². The first-order chi connectivity index (χ1) is 7.67. The highest BCUT2D eigenvalue weighted by atomic mass is 16.5. The zero-order valence-corrected chi connectivity index (χ0v) is 12.4. The molecular formula is C17H35NO. The fourth-order valence-corrected chi connectivity index (χ4v) is 1.24. The summed E-state index contributed by atoms with van der Waals surface area (Å²) in [5.41, 5.74) is 1.57. The van der Waals surface area contributed by atoms with E-state index in [0.717, 1.165) is 6.61 Å². The predicted molar refractivity (Wildman–Crippen MR) is 87.8 cm³/mol. The van der Waals surface area contributed by atoms with Crippen LogP contribution in [0.15, 0.2) is 24.5 Å². The summed E-state index contributed by atoms with van der Waals surface area (Å²) in [5.74, 6) is 0. The number of nitrogens with zero attached hydrogens (tertiary/aromatic N) is 1. The first kappa shape index (κ1) is 23.2. The van der Waals surface area contributed by atoms with Crippen LogP contribution in [0.4, 0.5) is 0 Å². The number of hydrogen-bond acceptors (Lipinski definition) is 2. The molecule has 1 heterocycles. The van der Waals surface area contributed by atoms with E-state index in [1.165, 1.54) is 5.56 Å². The van der Waals surface area contributed by atoms with E-state index in [1.807, 2.05) is 19.2 Å². The third-order valence-electron chi connectivity index (χ3n) is 2.10. The summed E-state index contributed by atoms with van der Waals surface area (Å²) in [4.78, 5) is 4.05. The molecule has 1 rings (SSSR count). The fourth-order valence-electron chi connectivity index (χ4n) is 1.24. The summed E-state index contributed by atoms with van der Waals surface area (Å²) in [6, 6.07) is 4.08. The second kappa shape index (κ2) is 9.96. The lowest BCUT2D eigenvalue weighted by Crippen LogP contribution is -2.18. The van der Waals surface area contributed by atoms with Gasteiger partial charge in [0.05, 0.1) is 5.60 Å². The molecule has 0 saturated heterocycles. The van der Waals surface area contributed by atoms with Crippen molar-refractivity contribution in [2.45, 2.75) is 74.3 Å². The Balaban J connectivity index is -0.000000258. The van der Waals surface area contributed by atoms with Crippen LogP contribution in [-0.4, -0.2) is 17.2 Å². The van der Waals surface area contributed by atoms with Crippen molar-refractivity contribution in [1.29, 1.82) is 0 Å². The lowest BCUT2D eigenvalue weighted by molar-refractivity contribution is 0.00532. The highest BCUT2D eigenvalue weighted by molar-refractivity contribution is 5.17. The first-order valence-corrected chi connectivity index (χ1v) is 6.21. The van der Waals surface area contributed by atoms with Gasteiger partial charge in [0.15, 0.2) is 0 Å². The Morgan fingerprint density at radius 3 is 1.74 bits per heavy atom. The lowest BCUT2D eigenvalue weighted by atomic mass is 9.88. The first-order valence-electron chi connectivity index (χ1n) is 6.21. The van der Waals surface area contributed by atoms with Crippen LogP contribution in [0.5, 0.6) is 0 Å². The van der Waals surface area contributed by atoms with Crippen molar-refractivity contribution in [3.05, 3.63) is 30.1 Å². The van der Waals surface area contributed by atoms with Crippen molar-refractivity contribution < 1.29 is 4.74 Å². The van der Waals surface area contributed by atoms with Crippen LogP contribution in [0.3, 0.4) is 0 Å². The van der Waals surface area contributed by atoms with Crippen LogP contribution in [-0.2, 0) is 10.2 Å². The van der Waals surface area contributed by atoms with E-state index in [4.69, 9.17) is 4.74 Å². The van der Waals surface area contributed by atoms with Gasteiger partial charge in [-0.3, -0.25) is 4.98 Å². The van der Waals surface area contributed by atoms with Crippen LogP contribution >= 0.6 is 0 Å². The number of hydrogen-bond donors (Lipinski definition) is 0. The summed E-state index contributed by atoms with van der Waals surface area (Å²) < 4.78 is 5.23. The maximum absolute atomic E-state index is 5.23. The maximum atomic E-state index is 5.23. The number of aromatic nitrogens is 1. The van der Waals surface area contributed by atoms with Crippen LogP contribution < -0.4 is 0 Å². The average Bonchev–Trinajstić information content (AvgIpc) is 2.17. The molecule has 1 aromatic heterocycles. The monoisotopic (exact) mass is 269 g/mol. The Labute approximate surface area is 121 Å². The van der Waals surface area contributed by atoms with E-state index in [0.29, 0.717) is 0 Å². The van der Waals surface area contributed by atoms with Crippen molar-refractivity contribution in [2.24, 2.45) is 0 Å². The molecule has 0 atom stereocenters. The Kier molecular flexibility index (Phi) is 12.2. The molecule has 2 heteroatoms. The molecule has 0 bridgehead atoms. The van der Waals surface area contributed by atoms with Crippen molar-refractivity contribution in [3.8, 4) is 0 Å². The molecule has 0 spiro atoms. The Hall–Kier alpha value is -0.890. The van der Waals surface area contributed by atoms with E-state index in [9.17, 15) is 0 Å². The molecule has 0 aliphatic carbocycles. The third-order valence-corrected chi connectivity index (χ3v) is 2.10. The van der Waals surface area contributed by atoms with Gasteiger partial charge in [0.1, 0.15) is 0 Å². The number of rotatable bonds is 1. The molecule has 0 amide bonds. The van der Waals surface area contributed by atoms with Crippen molar-refractivity contribution in [3.63, 3.8) is 0 Å². The molecule has 0 fully saturated rings. The van der Waals surface area contributed by atoms with Gasteiger partial charge in [0, 0.05) is 19.0 Å². The standard InChI is InChI=1S/C9H13N.C6H14O.2CH4/c1-9(2,3)8-5-4-6-10-7-8;1-5-7-6(2,3)4;;/h4-7H,1-3H3;5H2,1-4H3;2*1H4. The largest absolute Gasteiger partial charge is 0.376 e. The predicted octanol–water partition coefficient (Wildman–Crippen LogP) is 5.47. The van der Waals surface area contributed by atoms with E-state index < -0.39 is 0 Å². The molecule has 19 heavy (non-hydrogen) atoms.